The number of benzene rings is 1. The first-order valence-corrected chi connectivity index (χ1v) is 4.39. The number of hydrogen-bond acceptors (Lipinski definition) is 5. The normalized spacial score (nSPS) is 11.8. The van der Waals surface area contributed by atoms with Crippen LogP contribution in [0.1, 0.15) is 6.42 Å². The van der Waals surface area contributed by atoms with Crippen LogP contribution in [-0.4, -0.2) is 33.4 Å². The molecule has 0 heterocycles. The van der Waals surface area contributed by atoms with Gasteiger partial charge in [0.05, 0.1) is 6.42 Å². The van der Waals surface area contributed by atoms with Crippen molar-refractivity contribution in [1.82, 2.24) is 0 Å². The van der Waals surface area contributed by atoms with Gasteiger partial charge >= 0.3 is 11.9 Å². The Morgan fingerprint density at radius 3 is 2.62 bits per heavy atom. The van der Waals surface area contributed by atoms with Crippen molar-refractivity contribution in [3.8, 4) is 11.5 Å². The minimum Gasteiger partial charge on any atom is -0.508 e. The van der Waals surface area contributed by atoms with Crippen molar-refractivity contribution in [3.05, 3.63) is 24.3 Å². The van der Waals surface area contributed by atoms with Crippen molar-refractivity contribution in [2.24, 2.45) is 0 Å². The predicted molar refractivity (Wildman–Crippen MR) is 52.0 cm³/mol. The van der Waals surface area contributed by atoms with Crippen LogP contribution in [-0.2, 0) is 9.59 Å². The van der Waals surface area contributed by atoms with Crippen LogP contribution in [0.25, 0.3) is 0 Å². The van der Waals surface area contributed by atoms with E-state index in [1.165, 1.54) is 24.3 Å². The van der Waals surface area contributed by atoms with Gasteiger partial charge in [0.2, 0.25) is 0 Å². The third-order valence-electron chi connectivity index (χ3n) is 1.68. The lowest BCUT2D eigenvalue weighted by Crippen LogP contribution is -2.28. The molecule has 0 spiro atoms. The molecule has 0 aromatic heterocycles. The molecule has 0 radical (unpaired) electrons. The maximum absolute atomic E-state index is 11.1. The summed E-state index contributed by atoms with van der Waals surface area (Å²) in [6, 6.07) is 5.39. The van der Waals surface area contributed by atoms with E-state index in [-0.39, 0.29) is 11.5 Å². The Morgan fingerprint density at radius 2 is 2.06 bits per heavy atom. The fourth-order valence-corrected chi connectivity index (χ4v) is 0.980. The highest BCUT2D eigenvalue weighted by Gasteiger charge is 2.20. The number of carbonyl (C=O) groups excluding carboxylic acids is 1. The van der Waals surface area contributed by atoms with E-state index >= 15 is 0 Å². The Balaban J connectivity index is 2.60. The molecule has 0 aliphatic heterocycles. The summed E-state index contributed by atoms with van der Waals surface area (Å²) in [7, 11) is 0. The summed E-state index contributed by atoms with van der Waals surface area (Å²) < 4.78 is 4.65. The highest BCUT2D eigenvalue weighted by Crippen LogP contribution is 2.18. The SMILES string of the molecule is O=C(O)CC(O)C(=O)Oc1cccc(O)c1. The number of carboxylic acid groups (broad SMARTS) is 1. The van der Waals surface area contributed by atoms with Gasteiger partial charge < -0.3 is 20.1 Å². The standard InChI is InChI=1S/C10H10O6/c11-6-2-1-3-7(4-6)16-10(15)8(12)5-9(13)14/h1-4,8,11-12H,5H2,(H,13,14). The van der Waals surface area contributed by atoms with E-state index in [1.54, 1.807) is 0 Å². The first-order valence-electron chi connectivity index (χ1n) is 4.39. The number of rotatable bonds is 4. The van der Waals surface area contributed by atoms with Gasteiger partial charge in [-0.25, -0.2) is 4.79 Å². The Labute approximate surface area is 90.7 Å². The van der Waals surface area contributed by atoms with Gasteiger partial charge in [0.15, 0.2) is 6.10 Å². The maximum Gasteiger partial charge on any atom is 0.340 e. The highest BCUT2D eigenvalue weighted by molar-refractivity contribution is 5.82. The molecule has 1 unspecified atom stereocenters. The number of phenols is 1. The first-order chi connectivity index (χ1) is 7.49. The molecule has 86 valence electrons. The molecule has 0 amide bonds. The molecule has 0 saturated heterocycles. The molecule has 1 atom stereocenters. The fourth-order valence-electron chi connectivity index (χ4n) is 0.980. The van der Waals surface area contributed by atoms with Crippen LogP contribution >= 0.6 is 0 Å². The van der Waals surface area contributed by atoms with Crippen LogP contribution in [0.3, 0.4) is 0 Å². The van der Waals surface area contributed by atoms with Gasteiger partial charge in [-0.2, -0.15) is 0 Å². The summed E-state index contributed by atoms with van der Waals surface area (Å²) in [4.78, 5) is 21.4. The number of esters is 1. The van der Waals surface area contributed by atoms with Crippen LogP contribution in [0, 0.1) is 0 Å². The number of phenolic OH excluding ortho intramolecular Hbond substituents is 1. The summed E-state index contributed by atoms with van der Waals surface area (Å²) in [5.74, 6) is -2.44. The molecule has 1 rings (SSSR count). The molecule has 1 aromatic carbocycles. The second-order valence-electron chi connectivity index (χ2n) is 3.03. The van der Waals surface area contributed by atoms with E-state index in [1.807, 2.05) is 0 Å². The van der Waals surface area contributed by atoms with Crippen LogP contribution in [0.4, 0.5) is 0 Å². The van der Waals surface area contributed by atoms with Crippen molar-refractivity contribution in [3.63, 3.8) is 0 Å². The minimum absolute atomic E-state index is 0.0365. The van der Waals surface area contributed by atoms with Crippen molar-refractivity contribution < 1.29 is 29.6 Å². The Kier molecular flexibility index (Phi) is 3.84. The van der Waals surface area contributed by atoms with Gasteiger partial charge in [0, 0.05) is 6.07 Å². The molecule has 0 bridgehead atoms. The molecule has 0 aliphatic rings. The third kappa shape index (κ3) is 3.58. The number of aliphatic hydroxyl groups excluding tert-OH is 1. The number of hydrogen-bond donors (Lipinski definition) is 3. The number of aliphatic carboxylic acids is 1. The Hall–Kier alpha value is -2.08. The topological polar surface area (TPSA) is 104 Å². The quantitative estimate of drug-likeness (QED) is 0.498. The number of aliphatic hydroxyl groups is 1. The molecule has 0 fully saturated rings. The smallest absolute Gasteiger partial charge is 0.340 e. The van der Waals surface area contributed by atoms with E-state index in [0.717, 1.165) is 0 Å². The zero-order chi connectivity index (χ0) is 12.1. The summed E-state index contributed by atoms with van der Waals surface area (Å²) in [6.07, 6.45) is -2.45. The number of carbonyl (C=O) groups is 2. The van der Waals surface area contributed by atoms with Gasteiger partial charge in [0.25, 0.3) is 0 Å². The third-order valence-corrected chi connectivity index (χ3v) is 1.68. The van der Waals surface area contributed by atoms with Crippen LogP contribution in [0.15, 0.2) is 24.3 Å². The molecule has 0 saturated carbocycles. The summed E-state index contributed by atoms with van der Waals surface area (Å²) in [5.41, 5.74) is 0. The van der Waals surface area contributed by atoms with Crippen LogP contribution in [0.5, 0.6) is 11.5 Å². The van der Waals surface area contributed by atoms with E-state index < -0.39 is 24.5 Å². The number of carboxylic acids is 1. The van der Waals surface area contributed by atoms with Gasteiger partial charge in [-0.05, 0) is 12.1 Å². The first kappa shape index (κ1) is 12.0. The second-order valence-corrected chi connectivity index (χ2v) is 3.03. The molecule has 3 N–H and O–H groups in total. The second kappa shape index (κ2) is 5.13. The zero-order valence-electron chi connectivity index (χ0n) is 8.16. The number of ether oxygens (including phenoxy) is 1. The van der Waals surface area contributed by atoms with E-state index in [4.69, 9.17) is 15.3 Å². The molecular weight excluding hydrogens is 216 g/mol. The van der Waals surface area contributed by atoms with E-state index in [0.29, 0.717) is 0 Å². The average molecular weight is 226 g/mol. The maximum atomic E-state index is 11.1. The fraction of sp³-hybridized carbons (Fsp3) is 0.200. The van der Waals surface area contributed by atoms with Crippen molar-refractivity contribution in [2.75, 3.05) is 0 Å². The molecule has 6 nitrogen and oxygen atoms in total. The van der Waals surface area contributed by atoms with Crippen molar-refractivity contribution >= 4 is 11.9 Å². The molecule has 16 heavy (non-hydrogen) atoms. The van der Waals surface area contributed by atoms with Gasteiger partial charge in [-0.15, -0.1) is 0 Å². The van der Waals surface area contributed by atoms with Gasteiger partial charge in [-0.1, -0.05) is 6.07 Å². The summed E-state index contributed by atoms with van der Waals surface area (Å²) >= 11 is 0. The van der Waals surface area contributed by atoms with E-state index in [9.17, 15) is 9.59 Å². The zero-order valence-corrected chi connectivity index (χ0v) is 8.16. The Morgan fingerprint density at radius 1 is 1.38 bits per heavy atom. The highest BCUT2D eigenvalue weighted by atomic mass is 16.5. The lowest BCUT2D eigenvalue weighted by atomic mass is 10.2. The molecular formula is C10H10O6. The van der Waals surface area contributed by atoms with Crippen LogP contribution < -0.4 is 4.74 Å². The molecule has 1 aromatic rings. The minimum atomic E-state index is -1.72. The predicted octanol–water partition coefficient (Wildman–Crippen LogP) is 0.133. The summed E-state index contributed by atoms with van der Waals surface area (Å²) in [6.45, 7) is 0. The van der Waals surface area contributed by atoms with Crippen LogP contribution in [0.2, 0.25) is 0 Å². The number of aromatic hydroxyl groups is 1. The van der Waals surface area contributed by atoms with Gasteiger partial charge in [0.1, 0.15) is 11.5 Å². The molecule has 6 heteroatoms. The largest absolute Gasteiger partial charge is 0.508 e. The lowest BCUT2D eigenvalue weighted by molar-refractivity contribution is -0.150. The monoisotopic (exact) mass is 226 g/mol. The van der Waals surface area contributed by atoms with Gasteiger partial charge in [-0.3, -0.25) is 4.79 Å². The van der Waals surface area contributed by atoms with E-state index in [2.05, 4.69) is 4.74 Å². The lowest BCUT2D eigenvalue weighted by Gasteiger charge is -2.08. The Bertz CT molecular complexity index is 400. The van der Waals surface area contributed by atoms with Crippen molar-refractivity contribution in [2.45, 2.75) is 12.5 Å². The summed E-state index contributed by atoms with van der Waals surface area (Å²) in [5, 5.41) is 26.5. The van der Waals surface area contributed by atoms with Crippen molar-refractivity contribution in [1.29, 1.82) is 0 Å². The molecule has 0 aliphatic carbocycles. The average Bonchev–Trinajstić information content (AvgIpc) is 2.16.